The molecule has 0 heterocycles. The largest absolute Gasteiger partial charge is 0.490 e. The zero-order chi connectivity index (χ0) is 20.1. The van der Waals surface area contributed by atoms with Crippen LogP contribution in [0, 0.1) is 0 Å². The summed E-state index contributed by atoms with van der Waals surface area (Å²) < 4.78 is 6.31. The minimum Gasteiger partial charge on any atom is -0.490 e. The molecule has 144 valence electrons. The van der Waals surface area contributed by atoms with Gasteiger partial charge in [0.1, 0.15) is 12.4 Å². The maximum atomic E-state index is 11.5. The molecule has 0 spiro atoms. The first-order chi connectivity index (χ1) is 13.5. The van der Waals surface area contributed by atoms with Crippen LogP contribution in [0.2, 0.25) is 0 Å². The van der Waals surface area contributed by atoms with E-state index in [0.717, 1.165) is 33.1 Å². The van der Waals surface area contributed by atoms with Crippen molar-refractivity contribution >= 4 is 21.9 Å². The minimum atomic E-state index is -0.930. The SMILES string of the molecule is CCc1cc(-c2ccccc2C(=O)O)ccc1-c1ccc(OCCO)c(Br)c1. The van der Waals surface area contributed by atoms with Crippen LogP contribution in [-0.2, 0) is 6.42 Å². The Morgan fingerprint density at radius 3 is 2.39 bits per heavy atom. The zero-order valence-electron chi connectivity index (χ0n) is 15.5. The van der Waals surface area contributed by atoms with Crippen LogP contribution in [0.4, 0.5) is 0 Å². The Morgan fingerprint density at radius 2 is 1.71 bits per heavy atom. The molecule has 0 aliphatic rings. The standard InChI is InChI=1S/C23H21BrO4/c1-2-15-13-16(19-5-3-4-6-20(19)23(26)27)7-9-18(15)17-8-10-22(21(24)14-17)28-12-11-25/h3-10,13-14,25H,2,11-12H2,1H3,(H,26,27). The Hall–Kier alpha value is -2.63. The number of ether oxygens (including phenoxy) is 1. The summed E-state index contributed by atoms with van der Waals surface area (Å²) in [5.74, 6) is -0.247. The predicted octanol–water partition coefficient (Wildman–Crippen LogP) is 5.41. The summed E-state index contributed by atoms with van der Waals surface area (Å²) >= 11 is 3.53. The van der Waals surface area contributed by atoms with E-state index in [2.05, 4.69) is 28.9 Å². The van der Waals surface area contributed by atoms with E-state index in [1.54, 1.807) is 12.1 Å². The molecule has 2 N–H and O–H groups in total. The fourth-order valence-corrected chi connectivity index (χ4v) is 3.69. The van der Waals surface area contributed by atoms with E-state index in [-0.39, 0.29) is 13.2 Å². The second-order valence-electron chi connectivity index (χ2n) is 6.29. The van der Waals surface area contributed by atoms with Gasteiger partial charge in [0, 0.05) is 0 Å². The van der Waals surface area contributed by atoms with Crippen molar-refractivity contribution in [1.82, 2.24) is 0 Å². The van der Waals surface area contributed by atoms with Crippen molar-refractivity contribution in [2.24, 2.45) is 0 Å². The molecule has 4 nitrogen and oxygen atoms in total. The van der Waals surface area contributed by atoms with Crippen molar-refractivity contribution in [2.75, 3.05) is 13.2 Å². The summed E-state index contributed by atoms with van der Waals surface area (Å²) in [6, 6.07) is 18.9. The Balaban J connectivity index is 2.01. The van der Waals surface area contributed by atoms with Gasteiger partial charge in [0.2, 0.25) is 0 Å². The van der Waals surface area contributed by atoms with Crippen LogP contribution in [0.15, 0.2) is 65.1 Å². The summed E-state index contributed by atoms with van der Waals surface area (Å²) in [5.41, 5.74) is 5.16. The number of aliphatic hydroxyl groups is 1. The van der Waals surface area contributed by atoms with E-state index in [4.69, 9.17) is 9.84 Å². The summed E-state index contributed by atoms with van der Waals surface area (Å²) in [6.45, 7) is 2.29. The van der Waals surface area contributed by atoms with Crippen molar-refractivity contribution in [3.05, 3.63) is 76.3 Å². The fraction of sp³-hybridized carbons (Fsp3) is 0.174. The maximum absolute atomic E-state index is 11.5. The van der Waals surface area contributed by atoms with Crippen LogP contribution in [0.3, 0.4) is 0 Å². The first-order valence-corrected chi connectivity index (χ1v) is 9.83. The molecular formula is C23H21BrO4. The lowest BCUT2D eigenvalue weighted by Crippen LogP contribution is -2.02. The third kappa shape index (κ3) is 4.26. The number of hydrogen-bond acceptors (Lipinski definition) is 3. The van der Waals surface area contributed by atoms with Gasteiger partial charge in [-0.3, -0.25) is 0 Å². The molecule has 0 aliphatic carbocycles. The van der Waals surface area contributed by atoms with Crippen molar-refractivity contribution in [2.45, 2.75) is 13.3 Å². The second-order valence-corrected chi connectivity index (χ2v) is 7.15. The van der Waals surface area contributed by atoms with Gasteiger partial charge in [0.05, 0.1) is 16.6 Å². The van der Waals surface area contributed by atoms with Gasteiger partial charge in [-0.25, -0.2) is 4.79 Å². The summed E-state index contributed by atoms with van der Waals surface area (Å²) in [6.07, 6.45) is 0.818. The number of aromatic carboxylic acids is 1. The molecule has 0 aromatic heterocycles. The van der Waals surface area contributed by atoms with Crippen molar-refractivity contribution in [1.29, 1.82) is 0 Å². The normalized spacial score (nSPS) is 10.7. The van der Waals surface area contributed by atoms with E-state index in [1.807, 2.05) is 42.5 Å². The lowest BCUT2D eigenvalue weighted by atomic mass is 9.92. The van der Waals surface area contributed by atoms with Crippen LogP contribution < -0.4 is 4.74 Å². The minimum absolute atomic E-state index is 0.0343. The Morgan fingerprint density at radius 1 is 1.00 bits per heavy atom. The van der Waals surface area contributed by atoms with Gasteiger partial charge < -0.3 is 14.9 Å². The number of carbonyl (C=O) groups is 1. The van der Waals surface area contributed by atoms with Gasteiger partial charge in [0.15, 0.2) is 0 Å². The third-order valence-corrected chi connectivity index (χ3v) is 5.17. The Kier molecular flexibility index (Phi) is 6.49. The number of hydrogen-bond donors (Lipinski definition) is 2. The molecule has 3 rings (SSSR count). The van der Waals surface area contributed by atoms with Gasteiger partial charge in [-0.2, -0.15) is 0 Å². The highest BCUT2D eigenvalue weighted by atomic mass is 79.9. The van der Waals surface area contributed by atoms with Gasteiger partial charge in [-0.1, -0.05) is 49.4 Å². The molecular weight excluding hydrogens is 420 g/mol. The molecule has 0 bridgehead atoms. The topological polar surface area (TPSA) is 66.8 Å². The molecule has 0 atom stereocenters. The molecule has 3 aromatic rings. The highest BCUT2D eigenvalue weighted by Crippen LogP contribution is 2.35. The molecule has 3 aromatic carbocycles. The Labute approximate surface area is 172 Å². The zero-order valence-corrected chi connectivity index (χ0v) is 17.1. The lowest BCUT2D eigenvalue weighted by molar-refractivity contribution is 0.0697. The lowest BCUT2D eigenvalue weighted by Gasteiger charge is -2.14. The van der Waals surface area contributed by atoms with E-state index in [0.29, 0.717) is 16.9 Å². The van der Waals surface area contributed by atoms with E-state index in [1.165, 1.54) is 0 Å². The maximum Gasteiger partial charge on any atom is 0.336 e. The first-order valence-electron chi connectivity index (χ1n) is 9.04. The number of halogens is 1. The molecule has 0 saturated carbocycles. The highest BCUT2D eigenvalue weighted by Gasteiger charge is 2.13. The van der Waals surface area contributed by atoms with E-state index >= 15 is 0 Å². The van der Waals surface area contributed by atoms with Gasteiger partial charge in [0.25, 0.3) is 0 Å². The molecule has 0 aliphatic heterocycles. The van der Waals surface area contributed by atoms with Crippen LogP contribution >= 0.6 is 15.9 Å². The number of benzene rings is 3. The average molecular weight is 441 g/mol. The van der Waals surface area contributed by atoms with Gasteiger partial charge >= 0.3 is 5.97 Å². The van der Waals surface area contributed by atoms with Crippen molar-refractivity contribution in [3.63, 3.8) is 0 Å². The fourth-order valence-electron chi connectivity index (χ4n) is 3.20. The van der Waals surface area contributed by atoms with Gasteiger partial charge in [-0.05, 0) is 68.4 Å². The molecule has 0 fully saturated rings. The quantitative estimate of drug-likeness (QED) is 0.514. The van der Waals surface area contributed by atoms with Crippen molar-refractivity contribution < 1.29 is 19.7 Å². The summed E-state index contributed by atoms with van der Waals surface area (Å²) in [7, 11) is 0. The number of rotatable bonds is 7. The predicted molar refractivity (Wildman–Crippen MR) is 114 cm³/mol. The molecule has 0 amide bonds. The molecule has 0 radical (unpaired) electrons. The number of aliphatic hydroxyl groups excluding tert-OH is 1. The Bertz CT molecular complexity index is 998. The first kappa shape index (κ1) is 20.1. The highest BCUT2D eigenvalue weighted by molar-refractivity contribution is 9.10. The molecule has 28 heavy (non-hydrogen) atoms. The van der Waals surface area contributed by atoms with Gasteiger partial charge in [-0.15, -0.1) is 0 Å². The summed E-state index contributed by atoms with van der Waals surface area (Å²) in [4.78, 5) is 11.5. The van der Waals surface area contributed by atoms with Crippen LogP contribution in [-0.4, -0.2) is 29.4 Å². The number of carboxylic acids is 1. The monoisotopic (exact) mass is 440 g/mol. The van der Waals surface area contributed by atoms with E-state index in [9.17, 15) is 9.90 Å². The van der Waals surface area contributed by atoms with Crippen LogP contribution in [0.25, 0.3) is 22.3 Å². The third-order valence-electron chi connectivity index (χ3n) is 4.55. The van der Waals surface area contributed by atoms with Crippen LogP contribution in [0.5, 0.6) is 5.75 Å². The number of carboxylic acid groups (broad SMARTS) is 1. The molecule has 0 unspecified atom stereocenters. The molecule has 5 heteroatoms. The average Bonchev–Trinajstić information content (AvgIpc) is 2.72. The van der Waals surface area contributed by atoms with E-state index < -0.39 is 5.97 Å². The second kappa shape index (κ2) is 9.04. The van der Waals surface area contributed by atoms with Crippen LogP contribution in [0.1, 0.15) is 22.8 Å². The van der Waals surface area contributed by atoms with Crippen molar-refractivity contribution in [3.8, 4) is 28.0 Å². The number of aryl methyl sites for hydroxylation is 1. The smallest absolute Gasteiger partial charge is 0.336 e. The molecule has 0 saturated heterocycles. The summed E-state index contributed by atoms with van der Waals surface area (Å²) in [5, 5.41) is 18.4.